The second-order valence-electron chi connectivity index (χ2n) is 6.50. The number of nitrogens with zero attached hydrogens (tertiary/aromatic N) is 4. The standard InChI is InChI=1S/C22H20N4OS/c1-15-6-9-18(10-7-15)20-14-28-22(24-19-5-4-12-23-13-19)26(20)25-17(3)21-11-8-16(2)27-21/h4-14H,1-3H3. The van der Waals surface area contributed by atoms with Crippen LogP contribution in [0.5, 0.6) is 0 Å². The molecule has 0 aliphatic rings. The highest BCUT2D eigenvalue weighted by molar-refractivity contribution is 7.07. The SMILES string of the molecule is CC(=Nn1c(-c2ccc(C)cc2)csc1=Nc1cccnc1)c1ccc(C)o1. The number of aromatic nitrogens is 2. The molecular weight excluding hydrogens is 368 g/mol. The number of rotatable bonds is 4. The number of pyridine rings is 1. The average molecular weight is 388 g/mol. The highest BCUT2D eigenvalue weighted by Crippen LogP contribution is 2.22. The zero-order chi connectivity index (χ0) is 19.5. The lowest BCUT2D eigenvalue weighted by atomic mass is 10.1. The third-order valence-electron chi connectivity index (χ3n) is 4.25. The van der Waals surface area contributed by atoms with Gasteiger partial charge in [0.25, 0.3) is 0 Å². The normalized spacial score (nSPS) is 12.5. The Balaban J connectivity index is 1.88. The van der Waals surface area contributed by atoms with E-state index in [-0.39, 0.29) is 0 Å². The molecule has 0 atom stereocenters. The topological polar surface area (TPSA) is 55.7 Å². The van der Waals surface area contributed by atoms with E-state index in [0.29, 0.717) is 0 Å². The molecule has 0 saturated heterocycles. The van der Waals surface area contributed by atoms with Gasteiger partial charge in [-0.1, -0.05) is 29.8 Å². The molecule has 4 rings (SSSR count). The van der Waals surface area contributed by atoms with Crippen molar-refractivity contribution in [2.24, 2.45) is 10.1 Å². The molecule has 0 aliphatic heterocycles. The van der Waals surface area contributed by atoms with Gasteiger partial charge < -0.3 is 4.42 Å². The van der Waals surface area contributed by atoms with Crippen molar-refractivity contribution in [3.8, 4) is 11.3 Å². The Morgan fingerprint density at radius 2 is 1.89 bits per heavy atom. The van der Waals surface area contributed by atoms with Gasteiger partial charge in [-0.25, -0.2) is 9.67 Å². The van der Waals surface area contributed by atoms with Gasteiger partial charge in [-0.05, 0) is 45.0 Å². The van der Waals surface area contributed by atoms with Crippen LogP contribution in [0.15, 0.2) is 80.8 Å². The third-order valence-corrected chi connectivity index (χ3v) is 5.07. The molecule has 0 spiro atoms. The van der Waals surface area contributed by atoms with Gasteiger partial charge in [-0.15, -0.1) is 11.3 Å². The first-order valence-corrected chi connectivity index (χ1v) is 9.83. The molecule has 6 heteroatoms. The Hall–Kier alpha value is -3.25. The molecule has 28 heavy (non-hydrogen) atoms. The molecule has 5 nitrogen and oxygen atoms in total. The second kappa shape index (κ2) is 7.78. The molecule has 0 fully saturated rings. The quantitative estimate of drug-likeness (QED) is 0.444. The van der Waals surface area contributed by atoms with Crippen molar-refractivity contribution in [2.45, 2.75) is 20.8 Å². The maximum atomic E-state index is 5.73. The summed E-state index contributed by atoms with van der Waals surface area (Å²) in [5, 5.41) is 6.91. The minimum absolute atomic E-state index is 0.749. The van der Waals surface area contributed by atoms with Crippen molar-refractivity contribution in [1.29, 1.82) is 0 Å². The first-order chi connectivity index (χ1) is 13.6. The first-order valence-electron chi connectivity index (χ1n) is 8.95. The fourth-order valence-corrected chi connectivity index (χ4v) is 3.61. The summed E-state index contributed by atoms with van der Waals surface area (Å²) in [6.07, 6.45) is 3.48. The molecule has 0 saturated carbocycles. The van der Waals surface area contributed by atoms with Crippen molar-refractivity contribution in [1.82, 2.24) is 9.66 Å². The summed E-state index contributed by atoms with van der Waals surface area (Å²) in [7, 11) is 0. The molecule has 4 aromatic rings. The Bertz CT molecular complexity index is 1180. The van der Waals surface area contributed by atoms with Crippen LogP contribution in [0.1, 0.15) is 24.0 Å². The summed E-state index contributed by atoms with van der Waals surface area (Å²) in [4.78, 5) is 9.65. The van der Waals surface area contributed by atoms with Crippen molar-refractivity contribution in [3.63, 3.8) is 0 Å². The van der Waals surface area contributed by atoms with Crippen LogP contribution >= 0.6 is 11.3 Å². The zero-order valence-electron chi connectivity index (χ0n) is 16.0. The van der Waals surface area contributed by atoms with Crippen molar-refractivity contribution in [2.75, 3.05) is 0 Å². The molecular formula is C22H20N4OS. The number of aryl methyl sites for hydroxylation is 2. The third kappa shape index (κ3) is 3.87. The Kier molecular flexibility index (Phi) is 5.04. The molecule has 0 bridgehead atoms. The molecule has 0 amide bonds. The molecule has 0 aliphatic carbocycles. The predicted octanol–water partition coefficient (Wildman–Crippen LogP) is 5.33. The molecule has 1 aromatic carbocycles. The maximum Gasteiger partial charge on any atom is 0.211 e. The number of hydrogen-bond acceptors (Lipinski definition) is 5. The Morgan fingerprint density at radius 3 is 2.57 bits per heavy atom. The molecule has 0 radical (unpaired) electrons. The minimum atomic E-state index is 0.749. The summed E-state index contributed by atoms with van der Waals surface area (Å²) in [5.74, 6) is 1.61. The van der Waals surface area contributed by atoms with Crippen LogP contribution in [0, 0.1) is 13.8 Å². The number of hydrogen-bond donors (Lipinski definition) is 0. The van der Waals surface area contributed by atoms with Gasteiger partial charge in [0, 0.05) is 17.1 Å². The van der Waals surface area contributed by atoms with Crippen LogP contribution in [0.3, 0.4) is 0 Å². The van der Waals surface area contributed by atoms with E-state index < -0.39 is 0 Å². The Labute approximate surface area is 167 Å². The first kappa shape index (κ1) is 18.1. The van der Waals surface area contributed by atoms with E-state index in [4.69, 9.17) is 14.5 Å². The number of furan rings is 1. The number of benzene rings is 1. The number of thiazole rings is 1. The summed E-state index contributed by atoms with van der Waals surface area (Å²) < 4.78 is 7.60. The van der Waals surface area contributed by atoms with Crippen LogP contribution < -0.4 is 4.80 Å². The smallest absolute Gasteiger partial charge is 0.211 e. The fourth-order valence-electron chi connectivity index (χ4n) is 2.75. The minimum Gasteiger partial charge on any atom is -0.460 e. The highest BCUT2D eigenvalue weighted by Gasteiger charge is 2.10. The van der Waals surface area contributed by atoms with Gasteiger partial charge in [-0.3, -0.25) is 4.98 Å². The maximum absolute atomic E-state index is 5.73. The van der Waals surface area contributed by atoms with Crippen LogP contribution in [-0.4, -0.2) is 15.4 Å². The van der Waals surface area contributed by atoms with E-state index in [1.54, 1.807) is 23.7 Å². The van der Waals surface area contributed by atoms with Gasteiger partial charge in [0.05, 0.1) is 17.6 Å². The summed E-state index contributed by atoms with van der Waals surface area (Å²) >= 11 is 1.54. The molecule has 3 heterocycles. The molecule has 140 valence electrons. The van der Waals surface area contributed by atoms with Crippen molar-refractivity contribution < 1.29 is 4.42 Å². The summed E-state index contributed by atoms with van der Waals surface area (Å²) in [5.41, 5.74) is 4.86. The van der Waals surface area contributed by atoms with Crippen molar-refractivity contribution >= 4 is 22.7 Å². The second-order valence-corrected chi connectivity index (χ2v) is 7.34. The predicted molar refractivity (Wildman–Crippen MR) is 113 cm³/mol. The van der Waals surface area contributed by atoms with Gasteiger partial charge in [0.2, 0.25) is 4.80 Å². The van der Waals surface area contributed by atoms with Gasteiger partial charge in [0.15, 0.2) is 0 Å². The molecule has 0 unspecified atom stereocenters. The monoisotopic (exact) mass is 388 g/mol. The summed E-state index contributed by atoms with van der Waals surface area (Å²) in [6.45, 7) is 5.95. The van der Waals surface area contributed by atoms with E-state index in [9.17, 15) is 0 Å². The van der Waals surface area contributed by atoms with Gasteiger partial charge in [-0.2, -0.15) is 5.10 Å². The zero-order valence-corrected chi connectivity index (χ0v) is 16.8. The lowest BCUT2D eigenvalue weighted by Crippen LogP contribution is -2.13. The fraction of sp³-hybridized carbons (Fsp3) is 0.136. The lowest BCUT2D eigenvalue weighted by molar-refractivity contribution is 0.524. The van der Waals surface area contributed by atoms with E-state index in [2.05, 4.69) is 41.6 Å². The highest BCUT2D eigenvalue weighted by atomic mass is 32.1. The summed E-state index contributed by atoms with van der Waals surface area (Å²) in [6, 6.07) is 16.1. The van der Waals surface area contributed by atoms with E-state index in [1.807, 2.05) is 42.8 Å². The lowest BCUT2D eigenvalue weighted by Gasteiger charge is -2.05. The van der Waals surface area contributed by atoms with Crippen LogP contribution in [0.2, 0.25) is 0 Å². The van der Waals surface area contributed by atoms with Crippen molar-refractivity contribution in [3.05, 3.63) is 88.2 Å². The van der Waals surface area contributed by atoms with Crippen LogP contribution in [0.25, 0.3) is 11.3 Å². The Morgan fingerprint density at radius 1 is 1.07 bits per heavy atom. The van der Waals surface area contributed by atoms with Gasteiger partial charge >= 0.3 is 0 Å². The van der Waals surface area contributed by atoms with Crippen LogP contribution in [-0.2, 0) is 0 Å². The molecule has 0 N–H and O–H groups in total. The molecule has 3 aromatic heterocycles. The van der Waals surface area contributed by atoms with E-state index >= 15 is 0 Å². The average Bonchev–Trinajstić information content (AvgIpc) is 3.30. The van der Waals surface area contributed by atoms with Crippen LogP contribution in [0.4, 0.5) is 5.69 Å². The van der Waals surface area contributed by atoms with E-state index in [0.717, 1.165) is 39.0 Å². The van der Waals surface area contributed by atoms with Gasteiger partial charge in [0.1, 0.15) is 17.2 Å². The largest absolute Gasteiger partial charge is 0.460 e. The van der Waals surface area contributed by atoms with E-state index in [1.165, 1.54) is 5.56 Å².